The summed E-state index contributed by atoms with van der Waals surface area (Å²) in [5.41, 5.74) is 6.98. The molecule has 0 aliphatic heterocycles. The zero-order valence-corrected chi connectivity index (χ0v) is 10.9. The van der Waals surface area contributed by atoms with Crippen LogP contribution in [0.3, 0.4) is 0 Å². The summed E-state index contributed by atoms with van der Waals surface area (Å²) < 4.78 is 5.48. The number of oxime groups is 1. The van der Waals surface area contributed by atoms with Crippen molar-refractivity contribution >= 4 is 5.84 Å². The van der Waals surface area contributed by atoms with Gasteiger partial charge in [-0.2, -0.15) is 0 Å². The molecule has 0 saturated carbocycles. The molecule has 0 bridgehead atoms. The molecule has 0 unspecified atom stereocenters. The lowest BCUT2D eigenvalue weighted by Crippen LogP contribution is -2.15. The van der Waals surface area contributed by atoms with Gasteiger partial charge in [0.05, 0.1) is 19.0 Å². The molecule has 0 amide bonds. The van der Waals surface area contributed by atoms with E-state index in [2.05, 4.69) is 27.3 Å². The Morgan fingerprint density at radius 2 is 2.00 bits per heavy atom. The second kappa shape index (κ2) is 7.08. The lowest BCUT2D eigenvalue weighted by atomic mass is 10.1. The fraction of sp³-hybridized carbons (Fsp3) is 0.214. The van der Waals surface area contributed by atoms with Gasteiger partial charge >= 0.3 is 0 Å². The van der Waals surface area contributed by atoms with Crippen LogP contribution in [0.5, 0.6) is 5.88 Å². The zero-order valence-electron chi connectivity index (χ0n) is 10.9. The van der Waals surface area contributed by atoms with E-state index in [0.29, 0.717) is 18.2 Å². The summed E-state index contributed by atoms with van der Waals surface area (Å²) in [6, 6.07) is 10.2. The van der Waals surface area contributed by atoms with Crippen molar-refractivity contribution in [1.82, 2.24) is 9.97 Å². The Kier molecular flexibility index (Phi) is 4.88. The first-order valence-electron chi connectivity index (χ1n) is 6.26. The van der Waals surface area contributed by atoms with Gasteiger partial charge in [0.15, 0.2) is 5.84 Å². The van der Waals surface area contributed by atoms with E-state index < -0.39 is 0 Å². The highest BCUT2D eigenvalue weighted by Crippen LogP contribution is 2.06. The third-order valence-electron chi connectivity index (χ3n) is 2.70. The number of rotatable bonds is 6. The Hall–Kier alpha value is -2.63. The number of nitrogens with zero attached hydrogens (tertiary/aromatic N) is 3. The third kappa shape index (κ3) is 3.94. The number of hydrogen-bond donors (Lipinski definition) is 2. The normalized spacial score (nSPS) is 11.3. The Balaban J connectivity index is 1.77. The van der Waals surface area contributed by atoms with Crippen LogP contribution in [0.25, 0.3) is 0 Å². The summed E-state index contributed by atoms with van der Waals surface area (Å²) in [4.78, 5) is 8.02. The van der Waals surface area contributed by atoms with Crippen molar-refractivity contribution < 1.29 is 9.94 Å². The van der Waals surface area contributed by atoms with Crippen LogP contribution in [0.15, 0.2) is 47.9 Å². The largest absolute Gasteiger partial charge is 0.477 e. The molecule has 0 spiro atoms. The maximum atomic E-state index is 8.50. The Bertz CT molecular complexity index is 555. The Morgan fingerprint density at radius 3 is 2.65 bits per heavy atom. The van der Waals surface area contributed by atoms with Gasteiger partial charge in [-0.1, -0.05) is 35.5 Å². The molecule has 1 aromatic carbocycles. The lowest BCUT2D eigenvalue weighted by molar-refractivity contribution is 0.297. The number of ether oxygens (including phenoxy) is 1. The van der Waals surface area contributed by atoms with E-state index in [1.807, 2.05) is 18.2 Å². The molecule has 3 N–H and O–H groups in total. The van der Waals surface area contributed by atoms with Crippen molar-refractivity contribution in [1.29, 1.82) is 0 Å². The number of aromatic nitrogens is 2. The molecule has 0 atom stereocenters. The smallest absolute Gasteiger partial charge is 0.232 e. The summed E-state index contributed by atoms with van der Waals surface area (Å²) in [6.07, 6.45) is 4.71. The van der Waals surface area contributed by atoms with Crippen LogP contribution >= 0.6 is 0 Å². The average molecular weight is 272 g/mol. The van der Waals surface area contributed by atoms with Gasteiger partial charge in [0.2, 0.25) is 5.88 Å². The van der Waals surface area contributed by atoms with Crippen molar-refractivity contribution in [2.75, 3.05) is 6.61 Å². The van der Waals surface area contributed by atoms with Crippen molar-refractivity contribution in [3.63, 3.8) is 0 Å². The maximum absolute atomic E-state index is 8.50. The van der Waals surface area contributed by atoms with Crippen LogP contribution in [0.4, 0.5) is 0 Å². The first kappa shape index (κ1) is 13.8. The molecule has 0 aliphatic carbocycles. The van der Waals surface area contributed by atoms with Crippen molar-refractivity contribution in [3.8, 4) is 5.88 Å². The molecule has 104 valence electrons. The molecule has 2 rings (SSSR count). The number of hydrogen-bond acceptors (Lipinski definition) is 5. The monoisotopic (exact) mass is 272 g/mol. The van der Waals surface area contributed by atoms with E-state index in [1.54, 1.807) is 0 Å². The summed E-state index contributed by atoms with van der Waals surface area (Å²) in [5.74, 6) is 0.348. The first-order valence-corrected chi connectivity index (χ1v) is 6.26. The molecule has 20 heavy (non-hydrogen) atoms. The minimum Gasteiger partial charge on any atom is -0.477 e. The molecular formula is C14H16N4O2. The van der Waals surface area contributed by atoms with Crippen LogP contribution < -0.4 is 10.5 Å². The highest BCUT2D eigenvalue weighted by molar-refractivity contribution is 5.94. The summed E-state index contributed by atoms with van der Waals surface area (Å²) in [6.45, 7) is 0.562. The molecule has 1 aromatic heterocycles. The van der Waals surface area contributed by atoms with E-state index in [9.17, 15) is 0 Å². The standard InChI is InChI=1S/C14H16N4O2/c15-14(18-19)12-9-17-13(10-16-12)20-8-4-7-11-5-2-1-3-6-11/h1-3,5-6,9-10,19H,4,7-8H2,(H2,15,18). The second-order valence-corrected chi connectivity index (χ2v) is 4.16. The molecule has 2 aromatic rings. The van der Waals surface area contributed by atoms with Crippen LogP contribution in [0.2, 0.25) is 0 Å². The Morgan fingerprint density at radius 1 is 1.20 bits per heavy atom. The predicted molar refractivity (Wildman–Crippen MR) is 74.8 cm³/mol. The first-order chi connectivity index (χ1) is 9.79. The molecule has 0 saturated heterocycles. The number of benzene rings is 1. The van der Waals surface area contributed by atoms with Gasteiger partial charge in [-0.05, 0) is 18.4 Å². The van der Waals surface area contributed by atoms with Gasteiger partial charge in [0.25, 0.3) is 0 Å². The highest BCUT2D eigenvalue weighted by Gasteiger charge is 2.02. The fourth-order valence-corrected chi connectivity index (χ4v) is 1.67. The SMILES string of the molecule is NC(=NO)c1cnc(OCCCc2ccccc2)cn1. The van der Waals surface area contributed by atoms with E-state index in [0.717, 1.165) is 12.8 Å². The quantitative estimate of drug-likeness (QED) is 0.274. The lowest BCUT2D eigenvalue weighted by Gasteiger charge is -2.05. The third-order valence-corrected chi connectivity index (χ3v) is 2.70. The minimum atomic E-state index is -0.0758. The van der Waals surface area contributed by atoms with Gasteiger partial charge in [0, 0.05) is 0 Å². The summed E-state index contributed by atoms with van der Waals surface area (Å²) in [5, 5.41) is 11.4. The second-order valence-electron chi connectivity index (χ2n) is 4.16. The fourth-order valence-electron chi connectivity index (χ4n) is 1.67. The van der Waals surface area contributed by atoms with E-state index >= 15 is 0 Å². The summed E-state index contributed by atoms with van der Waals surface area (Å²) in [7, 11) is 0. The molecule has 0 radical (unpaired) electrons. The van der Waals surface area contributed by atoms with E-state index in [-0.39, 0.29) is 5.84 Å². The van der Waals surface area contributed by atoms with Gasteiger partial charge < -0.3 is 15.7 Å². The van der Waals surface area contributed by atoms with E-state index in [1.165, 1.54) is 18.0 Å². The molecular weight excluding hydrogens is 256 g/mol. The molecule has 6 heteroatoms. The minimum absolute atomic E-state index is 0.0758. The number of nitrogens with two attached hydrogens (primary N) is 1. The predicted octanol–water partition coefficient (Wildman–Crippen LogP) is 1.58. The number of aryl methyl sites for hydroxylation is 1. The topological polar surface area (TPSA) is 93.6 Å². The highest BCUT2D eigenvalue weighted by atomic mass is 16.5. The van der Waals surface area contributed by atoms with E-state index in [4.69, 9.17) is 15.7 Å². The maximum Gasteiger partial charge on any atom is 0.232 e. The zero-order chi connectivity index (χ0) is 14.2. The molecule has 0 fully saturated rings. The number of amidine groups is 1. The van der Waals surface area contributed by atoms with Crippen LogP contribution in [0, 0.1) is 0 Å². The molecule has 6 nitrogen and oxygen atoms in total. The van der Waals surface area contributed by atoms with Crippen LogP contribution in [-0.2, 0) is 6.42 Å². The van der Waals surface area contributed by atoms with Gasteiger partial charge in [-0.3, -0.25) is 0 Å². The van der Waals surface area contributed by atoms with Gasteiger partial charge in [0.1, 0.15) is 5.69 Å². The molecule has 0 aliphatic rings. The van der Waals surface area contributed by atoms with Crippen molar-refractivity contribution in [2.24, 2.45) is 10.9 Å². The average Bonchev–Trinajstić information content (AvgIpc) is 2.52. The summed E-state index contributed by atoms with van der Waals surface area (Å²) >= 11 is 0. The van der Waals surface area contributed by atoms with Crippen molar-refractivity contribution in [3.05, 3.63) is 54.0 Å². The van der Waals surface area contributed by atoms with Crippen molar-refractivity contribution in [2.45, 2.75) is 12.8 Å². The molecule has 1 heterocycles. The Labute approximate surface area is 116 Å². The van der Waals surface area contributed by atoms with Gasteiger partial charge in [-0.15, -0.1) is 0 Å². The van der Waals surface area contributed by atoms with Crippen LogP contribution in [-0.4, -0.2) is 27.6 Å². The van der Waals surface area contributed by atoms with Crippen LogP contribution in [0.1, 0.15) is 17.7 Å². The van der Waals surface area contributed by atoms with Gasteiger partial charge in [-0.25, -0.2) is 9.97 Å².